The third-order valence-corrected chi connectivity index (χ3v) is 7.37. The highest BCUT2D eigenvalue weighted by Crippen LogP contribution is 2.31. The van der Waals surface area contributed by atoms with Crippen LogP contribution in [0.5, 0.6) is 0 Å². The largest absolute Gasteiger partial charge is 0.348 e. The molecule has 3 rings (SSSR count). The van der Waals surface area contributed by atoms with Gasteiger partial charge in [0, 0.05) is 12.1 Å². The third-order valence-electron chi connectivity index (χ3n) is 6.20. The SMILES string of the molecule is CCC(C(=O)NC(C)c1ccc2c(c1)CCCC2)N(c1cc([N+](=O)[O-])ccc1C)S(C)(=O)=O. The van der Waals surface area contributed by atoms with Crippen molar-refractivity contribution < 1.29 is 18.1 Å². The number of nitro benzene ring substituents is 1. The maximum absolute atomic E-state index is 13.3. The number of nitro groups is 1. The van der Waals surface area contributed by atoms with Gasteiger partial charge < -0.3 is 5.32 Å². The van der Waals surface area contributed by atoms with Crippen molar-refractivity contribution in [3.05, 3.63) is 68.8 Å². The molecule has 178 valence electrons. The second kappa shape index (κ2) is 9.91. The van der Waals surface area contributed by atoms with Crippen LogP contribution in [0.2, 0.25) is 0 Å². The van der Waals surface area contributed by atoms with Crippen molar-refractivity contribution in [2.24, 2.45) is 0 Å². The molecule has 8 nitrogen and oxygen atoms in total. The molecule has 0 heterocycles. The number of rotatable bonds is 8. The van der Waals surface area contributed by atoms with Gasteiger partial charge in [0.1, 0.15) is 6.04 Å². The van der Waals surface area contributed by atoms with Crippen LogP contribution in [0, 0.1) is 17.0 Å². The Bertz CT molecular complexity index is 1160. The number of anilines is 1. The Hall–Kier alpha value is -2.94. The molecule has 0 spiro atoms. The maximum atomic E-state index is 13.3. The standard InChI is InChI=1S/C24H31N3O5S/c1-5-22(26(33(4,31)32)23-15-21(27(29)30)13-10-16(23)2)24(28)25-17(3)19-12-11-18-8-6-7-9-20(18)14-19/h10-15,17,22H,5-9H2,1-4H3,(H,25,28). The minimum absolute atomic E-state index is 0.134. The Morgan fingerprint density at radius 2 is 1.82 bits per heavy atom. The first-order chi connectivity index (χ1) is 15.5. The molecule has 1 amide bonds. The average Bonchev–Trinajstić information content (AvgIpc) is 2.76. The second-order valence-corrected chi connectivity index (χ2v) is 10.5. The predicted octanol–water partition coefficient (Wildman–Crippen LogP) is 4.20. The van der Waals surface area contributed by atoms with E-state index in [1.807, 2.05) is 13.0 Å². The minimum atomic E-state index is -3.90. The molecular formula is C24H31N3O5S. The Labute approximate surface area is 195 Å². The van der Waals surface area contributed by atoms with Gasteiger partial charge in [-0.3, -0.25) is 19.2 Å². The van der Waals surface area contributed by atoms with Gasteiger partial charge in [-0.25, -0.2) is 8.42 Å². The van der Waals surface area contributed by atoms with Gasteiger partial charge >= 0.3 is 0 Å². The van der Waals surface area contributed by atoms with E-state index in [2.05, 4.69) is 17.4 Å². The maximum Gasteiger partial charge on any atom is 0.271 e. The lowest BCUT2D eigenvalue weighted by Crippen LogP contribution is -2.50. The van der Waals surface area contributed by atoms with Crippen LogP contribution in [-0.4, -0.2) is 31.5 Å². The first kappa shape index (κ1) is 24.7. The van der Waals surface area contributed by atoms with E-state index in [1.165, 1.54) is 35.7 Å². The van der Waals surface area contributed by atoms with E-state index in [9.17, 15) is 23.3 Å². The monoisotopic (exact) mass is 473 g/mol. The second-order valence-electron chi connectivity index (χ2n) is 8.68. The number of aryl methyl sites for hydroxylation is 3. The van der Waals surface area contributed by atoms with Gasteiger partial charge in [0.25, 0.3) is 5.69 Å². The zero-order valence-electron chi connectivity index (χ0n) is 19.5. The fourth-order valence-electron chi connectivity index (χ4n) is 4.40. The van der Waals surface area contributed by atoms with Gasteiger partial charge in [-0.05, 0) is 68.2 Å². The van der Waals surface area contributed by atoms with E-state index in [1.54, 1.807) is 13.8 Å². The van der Waals surface area contributed by atoms with Gasteiger partial charge in [0.05, 0.1) is 22.9 Å². The molecule has 0 aromatic heterocycles. The number of fused-ring (bicyclic) bond motifs is 1. The number of hydrogen-bond acceptors (Lipinski definition) is 5. The molecule has 2 atom stereocenters. The van der Waals surface area contributed by atoms with Crippen LogP contribution in [0.1, 0.15) is 61.4 Å². The number of benzene rings is 2. The van der Waals surface area contributed by atoms with Gasteiger partial charge in [-0.1, -0.05) is 31.2 Å². The van der Waals surface area contributed by atoms with E-state index in [-0.39, 0.29) is 23.8 Å². The van der Waals surface area contributed by atoms with Crippen molar-refractivity contribution in [1.82, 2.24) is 5.32 Å². The number of nitrogens with one attached hydrogen (secondary N) is 1. The molecule has 1 aliphatic rings. The summed E-state index contributed by atoms with van der Waals surface area (Å²) in [4.78, 5) is 24.0. The number of hydrogen-bond donors (Lipinski definition) is 1. The first-order valence-corrected chi connectivity index (χ1v) is 13.0. The van der Waals surface area contributed by atoms with Crippen molar-refractivity contribution in [1.29, 1.82) is 0 Å². The molecular weight excluding hydrogens is 442 g/mol. The van der Waals surface area contributed by atoms with Crippen molar-refractivity contribution in [3.8, 4) is 0 Å². The molecule has 9 heteroatoms. The summed E-state index contributed by atoms with van der Waals surface area (Å²) in [6, 6.07) is 8.91. The molecule has 2 unspecified atom stereocenters. The van der Waals surface area contributed by atoms with Crippen LogP contribution in [0.15, 0.2) is 36.4 Å². The van der Waals surface area contributed by atoms with E-state index in [0.717, 1.165) is 35.4 Å². The summed E-state index contributed by atoms with van der Waals surface area (Å²) in [6.45, 7) is 5.26. The minimum Gasteiger partial charge on any atom is -0.348 e. The number of carbonyl (C=O) groups excluding carboxylic acids is 1. The van der Waals surface area contributed by atoms with E-state index >= 15 is 0 Å². The van der Waals surface area contributed by atoms with E-state index in [4.69, 9.17) is 0 Å². The number of non-ortho nitro benzene ring substituents is 1. The molecule has 0 radical (unpaired) electrons. The smallest absolute Gasteiger partial charge is 0.271 e. The summed E-state index contributed by atoms with van der Waals surface area (Å²) < 4.78 is 26.5. The van der Waals surface area contributed by atoms with Crippen LogP contribution < -0.4 is 9.62 Å². The van der Waals surface area contributed by atoms with Crippen molar-refractivity contribution in [2.75, 3.05) is 10.6 Å². The Balaban J connectivity index is 1.91. The quantitative estimate of drug-likeness (QED) is 0.456. The van der Waals surface area contributed by atoms with Gasteiger partial charge in [0.2, 0.25) is 15.9 Å². The molecule has 33 heavy (non-hydrogen) atoms. The van der Waals surface area contributed by atoms with Gasteiger partial charge in [0.15, 0.2) is 0 Å². The van der Waals surface area contributed by atoms with Crippen LogP contribution in [0.25, 0.3) is 0 Å². The van der Waals surface area contributed by atoms with Crippen LogP contribution >= 0.6 is 0 Å². The molecule has 0 bridgehead atoms. The highest BCUT2D eigenvalue weighted by Gasteiger charge is 2.34. The Morgan fingerprint density at radius 3 is 2.42 bits per heavy atom. The Kier molecular flexibility index (Phi) is 7.41. The molecule has 2 aromatic rings. The first-order valence-electron chi connectivity index (χ1n) is 11.2. The molecule has 0 aliphatic heterocycles. The fraction of sp³-hybridized carbons (Fsp3) is 0.458. The van der Waals surface area contributed by atoms with Crippen molar-refractivity contribution in [2.45, 2.75) is 65.0 Å². The van der Waals surface area contributed by atoms with Crippen molar-refractivity contribution in [3.63, 3.8) is 0 Å². The number of sulfonamides is 1. The van der Waals surface area contributed by atoms with E-state index in [0.29, 0.717) is 5.56 Å². The van der Waals surface area contributed by atoms with Crippen LogP contribution in [0.3, 0.4) is 0 Å². The zero-order valence-corrected chi connectivity index (χ0v) is 20.3. The van der Waals surface area contributed by atoms with Gasteiger partial charge in [-0.15, -0.1) is 0 Å². The topological polar surface area (TPSA) is 110 Å². The highest BCUT2D eigenvalue weighted by atomic mass is 32.2. The van der Waals surface area contributed by atoms with Crippen molar-refractivity contribution >= 4 is 27.3 Å². The zero-order chi connectivity index (χ0) is 24.3. The van der Waals surface area contributed by atoms with E-state index < -0.39 is 26.9 Å². The average molecular weight is 474 g/mol. The Morgan fingerprint density at radius 1 is 1.15 bits per heavy atom. The summed E-state index contributed by atoms with van der Waals surface area (Å²) in [5.41, 5.74) is 4.05. The molecule has 0 fully saturated rings. The number of amides is 1. The predicted molar refractivity (Wildman–Crippen MR) is 129 cm³/mol. The third kappa shape index (κ3) is 5.52. The molecule has 0 saturated heterocycles. The summed E-state index contributed by atoms with van der Waals surface area (Å²) in [5.74, 6) is -0.445. The summed E-state index contributed by atoms with van der Waals surface area (Å²) in [5, 5.41) is 14.2. The summed E-state index contributed by atoms with van der Waals surface area (Å²) >= 11 is 0. The fourth-order valence-corrected chi connectivity index (χ4v) is 5.66. The lowest BCUT2D eigenvalue weighted by atomic mass is 9.89. The number of carbonyl (C=O) groups is 1. The van der Waals surface area contributed by atoms with Crippen LogP contribution in [0.4, 0.5) is 11.4 Å². The highest BCUT2D eigenvalue weighted by molar-refractivity contribution is 7.92. The lowest BCUT2D eigenvalue weighted by Gasteiger charge is -2.32. The van der Waals surface area contributed by atoms with Gasteiger partial charge in [-0.2, -0.15) is 0 Å². The summed E-state index contributed by atoms with van der Waals surface area (Å²) in [7, 11) is -3.90. The van der Waals surface area contributed by atoms with Crippen LogP contribution in [-0.2, 0) is 27.7 Å². The lowest BCUT2D eigenvalue weighted by molar-refractivity contribution is -0.384. The number of nitrogens with zero attached hydrogens (tertiary/aromatic N) is 2. The summed E-state index contributed by atoms with van der Waals surface area (Å²) in [6.07, 6.45) is 5.65. The molecule has 0 saturated carbocycles. The molecule has 1 N–H and O–H groups in total. The molecule has 1 aliphatic carbocycles. The molecule has 2 aromatic carbocycles. The normalized spacial score (nSPS) is 15.3.